The van der Waals surface area contributed by atoms with E-state index in [0.717, 1.165) is 56.9 Å². The largest absolute Gasteiger partial charge is 0.398 e. The number of rotatable bonds is 4. The number of ether oxygens (including phenoxy) is 1. The Morgan fingerprint density at radius 2 is 2.11 bits per heavy atom. The van der Waals surface area contributed by atoms with E-state index < -0.39 is 0 Å². The molecule has 1 aromatic heterocycles. The van der Waals surface area contributed by atoms with Crippen LogP contribution in [0.25, 0.3) is 11.3 Å². The van der Waals surface area contributed by atoms with Gasteiger partial charge in [-0.2, -0.15) is 0 Å². The summed E-state index contributed by atoms with van der Waals surface area (Å²) in [5.74, 6) is 0.762. The Labute approximate surface area is 158 Å². The molecule has 0 unspecified atom stereocenters. The van der Waals surface area contributed by atoms with Crippen molar-refractivity contribution < 1.29 is 9.84 Å². The molecule has 0 bridgehead atoms. The van der Waals surface area contributed by atoms with E-state index in [0.29, 0.717) is 28.1 Å². The number of nitrogens with one attached hydrogen (secondary N) is 1. The molecule has 0 radical (unpaired) electrons. The van der Waals surface area contributed by atoms with Gasteiger partial charge in [0, 0.05) is 42.7 Å². The highest BCUT2D eigenvalue weighted by Gasteiger charge is 2.38. The highest BCUT2D eigenvalue weighted by molar-refractivity contribution is 5.87. The topological polar surface area (TPSA) is 108 Å². The second kappa shape index (κ2) is 7.25. The first kappa shape index (κ1) is 17.9. The van der Waals surface area contributed by atoms with Crippen LogP contribution in [0.15, 0.2) is 24.4 Å². The van der Waals surface area contributed by atoms with E-state index >= 15 is 0 Å². The molecule has 7 nitrogen and oxygen atoms in total. The van der Waals surface area contributed by atoms with Crippen LogP contribution in [0.1, 0.15) is 30.5 Å². The second-order valence-corrected chi connectivity index (χ2v) is 7.46. The Hall–Kier alpha value is -2.51. The zero-order valence-electron chi connectivity index (χ0n) is 15.3. The lowest BCUT2D eigenvalue weighted by atomic mass is 9.78. The summed E-state index contributed by atoms with van der Waals surface area (Å²) in [6, 6.07) is 5.44. The zero-order chi connectivity index (χ0) is 18.9. The molecule has 0 aliphatic carbocycles. The van der Waals surface area contributed by atoms with Crippen LogP contribution in [0.2, 0.25) is 0 Å². The van der Waals surface area contributed by atoms with Gasteiger partial charge in [-0.15, -0.1) is 0 Å². The number of hydrogen-bond donors (Lipinski definition) is 3. The van der Waals surface area contributed by atoms with Gasteiger partial charge >= 0.3 is 0 Å². The lowest BCUT2D eigenvalue weighted by Gasteiger charge is -2.39. The lowest BCUT2D eigenvalue weighted by Crippen LogP contribution is -2.41. The molecule has 1 spiro atoms. The van der Waals surface area contributed by atoms with Crippen molar-refractivity contribution in [2.45, 2.75) is 25.9 Å². The summed E-state index contributed by atoms with van der Waals surface area (Å²) in [5.41, 5.74) is 9.47. The van der Waals surface area contributed by atoms with Crippen LogP contribution < -0.4 is 10.6 Å². The summed E-state index contributed by atoms with van der Waals surface area (Å²) in [4.78, 5) is 11.5. The quantitative estimate of drug-likeness (QED) is 0.565. The SMILES string of the molecule is N=Cc1cc(-c2cnc(N3CCC4(CCOC4)CC3)c(CO)n2)ccc1N. The molecule has 2 aliphatic heterocycles. The molecule has 4 rings (SSSR count). The summed E-state index contributed by atoms with van der Waals surface area (Å²) >= 11 is 0. The third-order valence-corrected chi connectivity index (χ3v) is 5.82. The van der Waals surface area contributed by atoms with Crippen LogP contribution >= 0.6 is 0 Å². The number of nitrogen functional groups attached to an aromatic ring is 1. The van der Waals surface area contributed by atoms with E-state index in [2.05, 4.69) is 14.9 Å². The number of aliphatic hydroxyl groups is 1. The molecule has 4 N–H and O–H groups in total. The van der Waals surface area contributed by atoms with Crippen molar-refractivity contribution in [3.8, 4) is 11.3 Å². The highest BCUT2D eigenvalue weighted by Crippen LogP contribution is 2.40. The molecule has 27 heavy (non-hydrogen) atoms. The van der Waals surface area contributed by atoms with Crippen molar-refractivity contribution in [1.29, 1.82) is 5.41 Å². The highest BCUT2D eigenvalue weighted by atomic mass is 16.5. The molecule has 3 heterocycles. The molecular weight excluding hydrogens is 342 g/mol. The van der Waals surface area contributed by atoms with Crippen LogP contribution in [0.4, 0.5) is 11.5 Å². The monoisotopic (exact) mass is 367 g/mol. The van der Waals surface area contributed by atoms with E-state index in [1.807, 2.05) is 12.1 Å². The van der Waals surface area contributed by atoms with Gasteiger partial charge in [-0.1, -0.05) is 6.07 Å². The van der Waals surface area contributed by atoms with E-state index in [1.165, 1.54) is 6.21 Å². The van der Waals surface area contributed by atoms with Crippen molar-refractivity contribution in [2.75, 3.05) is 36.9 Å². The number of piperidine rings is 1. The maximum absolute atomic E-state index is 9.86. The third kappa shape index (κ3) is 3.40. The Kier molecular flexibility index (Phi) is 4.80. The standard InChI is InChI=1S/C20H25N5O2/c21-10-15-9-14(1-2-16(15)22)17-11-23-19(18(12-26)24-17)25-6-3-20(4-7-25)5-8-27-13-20/h1-2,9-11,21,26H,3-8,12-13,22H2. The summed E-state index contributed by atoms with van der Waals surface area (Å²) in [6.07, 6.45) is 6.27. The first-order valence-corrected chi connectivity index (χ1v) is 9.34. The van der Waals surface area contributed by atoms with E-state index in [4.69, 9.17) is 15.9 Å². The molecule has 2 saturated heterocycles. The minimum Gasteiger partial charge on any atom is -0.398 e. The van der Waals surface area contributed by atoms with Crippen LogP contribution in [0, 0.1) is 10.8 Å². The summed E-state index contributed by atoms with van der Waals surface area (Å²) in [5, 5.41) is 17.3. The molecule has 2 aliphatic rings. The summed E-state index contributed by atoms with van der Waals surface area (Å²) < 4.78 is 5.60. The molecule has 0 atom stereocenters. The predicted octanol–water partition coefficient (Wildman–Crippen LogP) is 2.22. The van der Waals surface area contributed by atoms with Crippen molar-refractivity contribution >= 4 is 17.7 Å². The van der Waals surface area contributed by atoms with Crippen LogP contribution in [0.5, 0.6) is 0 Å². The molecule has 0 saturated carbocycles. The average molecular weight is 367 g/mol. The number of benzene rings is 1. The molecular formula is C20H25N5O2. The van der Waals surface area contributed by atoms with E-state index in [-0.39, 0.29) is 6.61 Å². The molecule has 2 fully saturated rings. The maximum Gasteiger partial charge on any atom is 0.152 e. The van der Waals surface area contributed by atoms with Crippen LogP contribution in [-0.4, -0.2) is 47.6 Å². The normalized spacial score (nSPS) is 18.8. The number of nitrogens with two attached hydrogens (primary N) is 1. The van der Waals surface area contributed by atoms with Gasteiger partial charge in [0.25, 0.3) is 0 Å². The van der Waals surface area contributed by atoms with Gasteiger partial charge in [0.2, 0.25) is 0 Å². The Morgan fingerprint density at radius 3 is 2.78 bits per heavy atom. The van der Waals surface area contributed by atoms with Gasteiger partial charge in [0.15, 0.2) is 5.82 Å². The number of hydrogen-bond acceptors (Lipinski definition) is 7. The number of aromatic nitrogens is 2. The number of aliphatic hydroxyl groups excluding tert-OH is 1. The minimum atomic E-state index is -0.159. The molecule has 1 aromatic carbocycles. The van der Waals surface area contributed by atoms with Gasteiger partial charge in [0.1, 0.15) is 5.69 Å². The first-order valence-electron chi connectivity index (χ1n) is 9.34. The third-order valence-electron chi connectivity index (χ3n) is 5.82. The van der Waals surface area contributed by atoms with Gasteiger partial charge in [0.05, 0.1) is 25.1 Å². The van der Waals surface area contributed by atoms with Crippen molar-refractivity contribution in [2.24, 2.45) is 5.41 Å². The number of anilines is 2. The van der Waals surface area contributed by atoms with Crippen LogP contribution in [-0.2, 0) is 11.3 Å². The number of nitrogens with zero attached hydrogens (tertiary/aromatic N) is 3. The maximum atomic E-state index is 9.86. The van der Waals surface area contributed by atoms with Gasteiger partial charge in [-0.05, 0) is 36.8 Å². The Morgan fingerprint density at radius 1 is 1.30 bits per heavy atom. The second-order valence-electron chi connectivity index (χ2n) is 7.46. The molecule has 7 heteroatoms. The molecule has 142 valence electrons. The van der Waals surface area contributed by atoms with Crippen molar-refractivity contribution in [3.05, 3.63) is 35.7 Å². The summed E-state index contributed by atoms with van der Waals surface area (Å²) in [6.45, 7) is 3.39. The van der Waals surface area contributed by atoms with E-state index in [1.54, 1.807) is 12.3 Å². The minimum absolute atomic E-state index is 0.159. The van der Waals surface area contributed by atoms with E-state index in [9.17, 15) is 5.11 Å². The fraction of sp³-hybridized carbons (Fsp3) is 0.450. The Balaban J connectivity index is 1.58. The lowest BCUT2D eigenvalue weighted by molar-refractivity contribution is 0.133. The van der Waals surface area contributed by atoms with Crippen LogP contribution in [0.3, 0.4) is 0 Å². The fourth-order valence-electron chi connectivity index (χ4n) is 4.03. The Bertz CT molecular complexity index is 838. The predicted molar refractivity (Wildman–Crippen MR) is 105 cm³/mol. The average Bonchev–Trinajstić information content (AvgIpc) is 3.16. The smallest absolute Gasteiger partial charge is 0.152 e. The molecule has 2 aromatic rings. The van der Waals surface area contributed by atoms with Crippen molar-refractivity contribution in [1.82, 2.24) is 9.97 Å². The molecule has 0 amide bonds. The first-order chi connectivity index (χ1) is 13.1. The zero-order valence-corrected chi connectivity index (χ0v) is 15.3. The fourth-order valence-corrected chi connectivity index (χ4v) is 4.03. The summed E-state index contributed by atoms with van der Waals surface area (Å²) in [7, 11) is 0. The van der Waals surface area contributed by atoms with Gasteiger partial charge in [-0.25, -0.2) is 9.97 Å². The van der Waals surface area contributed by atoms with Gasteiger partial charge < -0.3 is 25.9 Å². The van der Waals surface area contributed by atoms with Gasteiger partial charge in [-0.3, -0.25) is 0 Å². The van der Waals surface area contributed by atoms with Crippen molar-refractivity contribution in [3.63, 3.8) is 0 Å².